The highest BCUT2D eigenvalue weighted by atomic mass is 32.2. The molecule has 0 aliphatic carbocycles. The van der Waals surface area contributed by atoms with Crippen molar-refractivity contribution in [3.63, 3.8) is 0 Å². The van der Waals surface area contributed by atoms with Crippen LogP contribution in [0.25, 0.3) is 17.2 Å². The molecule has 8 heteroatoms. The lowest BCUT2D eigenvalue weighted by Gasteiger charge is -2.16. The molecule has 1 aromatic heterocycles. The smallest absolute Gasteiger partial charge is 0.276 e. The minimum Gasteiger partial charge on any atom is -0.454 e. The zero-order valence-electron chi connectivity index (χ0n) is 18.1. The molecule has 0 unspecified atom stereocenters. The number of rotatable bonds is 5. The number of ether oxygens (including phenoxy) is 1. The van der Waals surface area contributed by atoms with Crippen molar-refractivity contribution in [3.05, 3.63) is 81.5 Å². The average Bonchev–Trinajstić information content (AvgIpc) is 3.22. The molecule has 32 heavy (non-hydrogen) atoms. The van der Waals surface area contributed by atoms with E-state index >= 15 is 4.39 Å². The second-order valence-electron chi connectivity index (χ2n) is 8.01. The van der Waals surface area contributed by atoms with E-state index in [9.17, 15) is 13.2 Å². The zero-order chi connectivity index (χ0) is 23.2. The molecule has 0 saturated carbocycles. The van der Waals surface area contributed by atoms with Crippen LogP contribution in [0.1, 0.15) is 26.8 Å². The quantitative estimate of drug-likeness (QED) is 0.591. The Morgan fingerprint density at radius 1 is 1.12 bits per heavy atom. The second kappa shape index (κ2) is 8.02. The summed E-state index contributed by atoms with van der Waals surface area (Å²) in [6.07, 6.45) is 4.39. The fraction of sp³-hybridized carbons (Fsp3) is 0.208. The molecule has 2 aromatic carbocycles. The highest BCUT2D eigenvalue weighted by Crippen LogP contribution is 2.36. The molecular formula is C24H24FN2O4S. The van der Waals surface area contributed by atoms with Crippen LogP contribution in [-0.2, 0) is 16.9 Å². The van der Waals surface area contributed by atoms with Gasteiger partial charge in [-0.25, -0.2) is 12.8 Å². The maximum Gasteiger partial charge on any atom is 0.276 e. The van der Waals surface area contributed by atoms with Crippen molar-refractivity contribution in [3.8, 4) is 22.6 Å². The molecule has 4 rings (SSSR count). The maximum absolute atomic E-state index is 15.1. The molecule has 0 bridgehead atoms. The predicted molar refractivity (Wildman–Crippen MR) is 122 cm³/mol. The number of fused-ring (bicyclic) bond motifs is 1. The number of benzene rings is 2. The lowest BCUT2D eigenvalue weighted by Crippen LogP contribution is -2.43. The fourth-order valence-electron chi connectivity index (χ4n) is 3.64. The van der Waals surface area contributed by atoms with E-state index in [-0.39, 0.29) is 34.7 Å². The summed E-state index contributed by atoms with van der Waals surface area (Å²) >= 11 is 0. The van der Waals surface area contributed by atoms with Crippen molar-refractivity contribution in [2.75, 3.05) is 6.26 Å². The van der Waals surface area contributed by atoms with Crippen LogP contribution in [0.4, 0.5) is 4.39 Å². The number of halogens is 1. The van der Waals surface area contributed by atoms with Gasteiger partial charge in [-0.1, -0.05) is 26.0 Å². The zero-order valence-corrected chi connectivity index (χ0v) is 18.9. The first-order chi connectivity index (χ1) is 15.1. The van der Waals surface area contributed by atoms with Crippen LogP contribution in [0.5, 0.6) is 11.5 Å². The third kappa shape index (κ3) is 3.86. The Morgan fingerprint density at radius 3 is 2.56 bits per heavy atom. The summed E-state index contributed by atoms with van der Waals surface area (Å²) in [6, 6.07) is 9.33. The maximum atomic E-state index is 15.1. The Kier molecular flexibility index (Phi) is 5.50. The van der Waals surface area contributed by atoms with E-state index < -0.39 is 15.7 Å². The molecule has 6 nitrogen and oxygen atoms in total. The highest BCUT2D eigenvalue weighted by Gasteiger charge is 2.20. The summed E-state index contributed by atoms with van der Waals surface area (Å²) < 4.78 is 46.9. The van der Waals surface area contributed by atoms with Gasteiger partial charge in [0.2, 0.25) is 0 Å². The van der Waals surface area contributed by atoms with Gasteiger partial charge in [-0.05, 0) is 41.8 Å². The van der Waals surface area contributed by atoms with Crippen molar-refractivity contribution in [1.82, 2.24) is 4.57 Å². The fourth-order valence-corrected chi connectivity index (χ4v) is 4.28. The van der Waals surface area contributed by atoms with Crippen LogP contribution < -0.4 is 20.9 Å². The van der Waals surface area contributed by atoms with Gasteiger partial charge >= 0.3 is 0 Å². The third-order valence-corrected chi connectivity index (χ3v) is 6.45. The first-order valence-electron chi connectivity index (χ1n) is 9.99. The van der Waals surface area contributed by atoms with Crippen LogP contribution in [0.2, 0.25) is 0 Å². The molecule has 0 N–H and O–H groups in total. The van der Waals surface area contributed by atoms with Crippen molar-refractivity contribution < 1.29 is 19.0 Å². The number of pyridine rings is 1. The Balaban J connectivity index is 0.00000306. The molecule has 3 aromatic rings. The Labute approximate surface area is 186 Å². The van der Waals surface area contributed by atoms with Gasteiger partial charge in [0.15, 0.2) is 21.4 Å². The van der Waals surface area contributed by atoms with Crippen LogP contribution >= 0.6 is 0 Å². The van der Waals surface area contributed by atoms with E-state index in [1.807, 2.05) is 13.8 Å². The predicted octanol–water partition coefficient (Wildman–Crippen LogP) is 3.33. The largest absolute Gasteiger partial charge is 0.454 e. The van der Waals surface area contributed by atoms with Gasteiger partial charge in [-0.3, -0.25) is 9.79 Å². The molecule has 167 valence electrons. The Bertz CT molecular complexity index is 1530. The third-order valence-electron chi connectivity index (χ3n) is 5.34. The second-order valence-corrected chi connectivity index (χ2v) is 10.0. The Morgan fingerprint density at radius 2 is 1.88 bits per heavy atom. The van der Waals surface area contributed by atoms with Gasteiger partial charge in [0, 0.05) is 37.3 Å². The van der Waals surface area contributed by atoms with Crippen molar-refractivity contribution in [1.29, 1.82) is 0 Å². The Hall–Kier alpha value is -3.26. The van der Waals surface area contributed by atoms with E-state index in [0.717, 1.165) is 6.26 Å². The number of aromatic nitrogens is 1. The van der Waals surface area contributed by atoms with E-state index in [2.05, 4.69) is 4.99 Å². The lowest BCUT2D eigenvalue weighted by molar-refractivity contribution is 0.437. The van der Waals surface area contributed by atoms with Gasteiger partial charge in [0.05, 0.1) is 11.4 Å². The highest BCUT2D eigenvalue weighted by molar-refractivity contribution is 7.90. The number of sulfone groups is 1. The van der Waals surface area contributed by atoms with Gasteiger partial charge in [-0.2, -0.15) is 0 Å². The number of hydrogen-bond donors (Lipinski definition) is 0. The number of hydrogen-bond acceptors (Lipinski definition) is 5. The van der Waals surface area contributed by atoms with Crippen LogP contribution in [-0.4, -0.2) is 19.2 Å². The molecule has 0 fully saturated rings. The summed E-state index contributed by atoms with van der Waals surface area (Å²) in [5.41, 5.74) is 1.21. The van der Waals surface area contributed by atoms with Gasteiger partial charge in [0.1, 0.15) is 11.1 Å². The first kappa shape index (κ1) is 22.0. The van der Waals surface area contributed by atoms with Crippen molar-refractivity contribution in [2.45, 2.75) is 24.7 Å². The molecule has 0 atom stereocenters. The molecular weight excluding hydrogens is 431 g/mol. The van der Waals surface area contributed by atoms with Crippen molar-refractivity contribution >= 4 is 15.9 Å². The minimum absolute atomic E-state index is 0. The van der Waals surface area contributed by atoms with Crippen molar-refractivity contribution in [2.24, 2.45) is 12.0 Å². The standard InChI is InChI=1S/C24H22FN2O4S.H2/c1-14(2)16-6-5-7-21(22(16)25)31-20-9-8-15(32(4,29)30)12-18(20)19-13-27(3)24(28)23-17(19)10-11-26-23;/h5-14H,1-4H3;1H. The number of nitrogens with zero attached hydrogens (tertiary/aromatic N) is 2. The summed E-state index contributed by atoms with van der Waals surface area (Å²) in [4.78, 5) is 16.7. The monoisotopic (exact) mass is 455 g/mol. The normalized spacial score (nSPS) is 12.9. The SMILES string of the molecule is CC(C)c1cccc(Oc2ccc(S(C)(=O)=O)cc2-c2cn(C)c(=O)c3c2=C[CH]N=3)c1F.[HH]. The van der Waals surface area contributed by atoms with Crippen LogP contribution in [0, 0.1) is 12.4 Å². The topological polar surface area (TPSA) is 77.7 Å². The van der Waals surface area contributed by atoms with E-state index in [1.165, 1.54) is 35.4 Å². The summed E-state index contributed by atoms with van der Waals surface area (Å²) in [5.74, 6) is -0.213. The van der Waals surface area contributed by atoms with Gasteiger partial charge in [-0.15, -0.1) is 0 Å². The van der Waals surface area contributed by atoms with E-state index in [0.29, 0.717) is 21.9 Å². The molecule has 0 amide bonds. The van der Waals surface area contributed by atoms with E-state index in [4.69, 9.17) is 4.74 Å². The van der Waals surface area contributed by atoms with Crippen LogP contribution in [0.15, 0.2) is 57.3 Å². The van der Waals surface area contributed by atoms with Gasteiger partial charge in [0.25, 0.3) is 5.56 Å². The number of aryl methyl sites for hydroxylation is 1. The summed E-state index contributed by atoms with van der Waals surface area (Å²) in [6.45, 7) is 5.29. The van der Waals surface area contributed by atoms with Gasteiger partial charge < -0.3 is 9.30 Å². The first-order valence-corrected chi connectivity index (χ1v) is 11.9. The molecule has 2 heterocycles. The molecule has 1 aliphatic rings. The van der Waals surface area contributed by atoms with E-state index in [1.54, 1.807) is 31.5 Å². The minimum atomic E-state index is -3.52. The molecule has 1 radical (unpaired) electrons. The summed E-state index contributed by atoms with van der Waals surface area (Å²) in [7, 11) is -1.93. The lowest BCUT2D eigenvalue weighted by atomic mass is 10.0. The molecule has 0 spiro atoms. The molecule has 0 saturated heterocycles. The van der Waals surface area contributed by atoms with Crippen LogP contribution in [0.3, 0.4) is 0 Å². The molecule has 1 aliphatic heterocycles. The summed E-state index contributed by atoms with van der Waals surface area (Å²) in [5, 5.41) is 0.814. The average molecular weight is 456 g/mol.